The number of halogens is 3. The summed E-state index contributed by atoms with van der Waals surface area (Å²) >= 11 is 0. The highest BCUT2D eigenvalue weighted by Crippen LogP contribution is 2.42. The van der Waals surface area contributed by atoms with Gasteiger partial charge in [-0.25, -0.2) is 9.79 Å². The van der Waals surface area contributed by atoms with Crippen LogP contribution in [0.25, 0.3) is 11.1 Å². The van der Waals surface area contributed by atoms with Crippen LogP contribution in [-0.2, 0) is 26.5 Å². The van der Waals surface area contributed by atoms with Crippen LogP contribution in [0.15, 0.2) is 83.9 Å². The average molecular weight is 499 g/mol. The van der Waals surface area contributed by atoms with Crippen LogP contribution in [0, 0.1) is 0 Å². The van der Waals surface area contributed by atoms with E-state index in [4.69, 9.17) is 25.4 Å². The van der Waals surface area contributed by atoms with Gasteiger partial charge < -0.3 is 15.6 Å². The van der Waals surface area contributed by atoms with Crippen molar-refractivity contribution in [1.82, 2.24) is 4.90 Å². The molecule has 0 bridgehead atoms. The minimum atomic E-state index is -5.08. The van der Waals surface area contributed by atoms with Gasteiger partial charge in [0.15, 0.2) is 11.5 Å². The number of carbonyl (C=O) groups is 2. The second-order valence-corrected chi connectivity index (χ2v) is 7.88. The van der Waals surface area contributed by atoms with Crippen LogP contribution in [0.5, 0.6) is 0 Å². The van der Waals surface area contributed by atoms with Crippen molar-refractivity contribution in [2.24, 2.45) is 10.7 Å². The number of rotatable bonds is 5. The molecule has 3 N–H and O–H groups in total. The summed E-state index contributed by atoms with van der Waals surface area (Å²) in [6, 6.07) is 25.7. The van der Waals surface area contributed by atoms with Crippen LogP contribution in [-0.4, -0.2) is 48.2 Å². The third kappa shape index (κ3) is 5.23. The van der Waals surface area contributed by atoms with Gasteiger partial charge in [-0.05, 0) is 33.9 Å². The summed E-state index contributed by atoms with van der Waals surface area (Å²) in [6.07, 6.45) is -5.08. The molecule has 0 saturated heterocycles. The second kappa shape index (κ2) is 10.6. The quantitative estimate of drug-likeness (QED) is 0.549. The molecule has 4 rings (SSSR count). The van der Waals surface area contributed by atoms with Crippen LogP contribution in [0.4, 0.5) is 13.2 Å². The molecule has 3 aromatic rings. The average Bonchev–Trinajstić information content (AvgIpc) is 3.10. The molecule has 10 heteroatoms. The third-order valence-corrected chi connectivity index (χ3v) is 5.58. The van der Waals surface area contributed by atoms with E-state index in [2.05, 4.69) is 0 Å². The molecule has 0 fully saturated rings. The lowest BCUT2D eigenvalue weighted by molar-refractivity contribution is -0.192. The molecular weight excluding hydrogens is 475 g/mol. The summed E-state index contributed by atoms with van der Waals surface area (Å²) in [4.78, 5) is 28.6. The van der Waals surface area contributed by atoms with Crippen molar-refractivity contribution in [3.8, 4) is 11.1 Å². The van der Waals surface area contributed by atoms with Crippen molar-refractivity contribution in [3.05, 3.63) is 95.6 Å². The van der Waals surface area contributed by atoms with E-state index >= 15 is 0 Å². The van der Waals surface area contributed by atoms with E-state index < -0.39 is 17.7 Å². The molecule has 7 nitrogen and oxygen atoms in total. The Hall–Kier alpha value is -4.18. The first-order chi connectivity index (χ1) is 17.0. The predicted octanol–water partition coefficient (Wildman–Crippen LogP) is 4.16. The van der Waals surface area contributed by atoms with Crippen LogP contribution >= 0.6 is 0 Å². The lowest BCUT2D eigenvalue weighted by atomic mass is 9.79. The van der Waals surface area contributed by atoms with Gasteiger partial charge in [0.05, 0.1) is 6.61 Å². The number of nitrogens with two attached hydrogens (primary N) is 1. The number of likely N-dealkylation sites (N-methyl/N-ethyl adjacent to an activating group) is 1. The highest BCUT2D eigenvalue weighted by molar-refractivity contribution is 6.09. The van der Waals surface area contributed by atoms with Crippen molar-refractivity contribution in [2.75, 3.05) is 14.2 Å². The Bertz CT molecular complexity index is 1260. The van der Waals surface area contributed by atoms with Gasteiger partial charge in [-0.3, -0.25) is 9.69 Å². The first-order valence-corrected chi connectivity index (χ1v) is 10.7. The molecule has 0 spiro atoms. The summed E-state index contributed by atoms with van der Waals surface area (Å²) in [5.74, 6) is -2.73. The summed E-state index contributed by atoms with van der Waals surface area (Å²) < 4.78 is 37.2. The molecule has 1 aliphatic heterocycles. The molecule has 1 unspecified atom stereocenters. The van der Waals surface area contributed by atoms with Crippen LogP contribution in [0.1, 0.15) is 16.7 Å². The van der Waals surface area contributed by atoms with Gasteiger partial charge in [0.1, 0.15) is 0 Å². The molecule has 0 radical (unpaired) electrons. The fraction of sp³-hybridized carbons (Fsp3) is 0.192. The van der Waals surface area contributed by atoms with Gasteiger partial charge in [0.25, 0.3) is 5.91 Å². The predicted molar refractivity (Wildman–Crippen MR) is 128 cm³/mol. The van der Waals surface area contributed by atoms with E-state index in [0.717, 1.165) is 27.8 Å². The lowest BCUT2D eigenvalue weighted by Crippen LogP contribution is -2.41. The number of nitrogens with zero attached hydrogens (tertiary/aromatic N) is 2. The van der Waals surface area contributed by atoms with E-state index in [1.165, 1.54) is 4.90 Å². The van der Waals surface area contributed by atoms with E-state index in [9.17, 15) is 18.0 Å². The monoisotopic (exact) mass is 499 g/mol. The molecule has 3 aromatic carbocycles. The molecule has 0 saturated carbocycles. The zero-order valence-corrected chi connectivity index (χ0v) is 19.5. The van der Waals surface area contributed by atoms with Gasteiger partial charge in [-0.1, -0.05) is 72.8 Å². The van der Waals surface area contributed by atoms with Crippen molar-refractivity contribution in [3.63, 3.8) is 0 Å². The van der Waals surface area contributed by atoms with Gasteiger partial charge in [-0.2, -0.15) is 13.2 Å². The Kier molecular flexibility index (Phi) is 7.79. The molecule has 1 heterocycles. The third-order valence-electron chi connectivity index (χ3n) is 5.58. The van der Waals surface area contributed by atoms with Gasteiger partial charge in [0.2, 0.25) is 0 Å². The SMILES string of the molecule is COCc1ccc(-c2ccccc2)cc1C1(c2ccccc2)N=C(N)N(C)C1=O.O=C(O)C(F)(F)F. The Morgan fingerprint density at radius 2 is 1.58 bits per heavy atom. The van der Waals surface area contributed by atoms with Crippen LogP contribution in [0.3, 0.4) is 0 Å². The standard InChI is InChI=1S/C24H23N3O2.C2HF3O2/c1-27-22(28)24(26-23(27)25,20-11-7-4-8-12-20)21-15-18(13-14-19(21)16-29-2)17-9-5-3-6-10-17;3-2(4,5)1(6)7/h3-15H,16H2,1-2H3,(H2,25,26);(H,6,7). The maximum absolute atomic E-state index is 13.5. The minimum Gasteiger partial charge on any atom is -0.475 e. The molecule has 0 aromatic heterocycles. The van der Waals surface area contributed by atoms with Gasteiger partial charge in [0, 0.05) is 14.2 Å². The maximum Gasteiger partial charge on any atom is 0.490 e. The topological polar surface area (TPSA) is 105 Å². The van der Waals surface area contributed by atoms with E-state index in [-0.39, 0.29) is 11.9 Å². The fourth-order valence-electron chi connectivity index (χ4n) is 3.84. The first kappa shape index (κ1) is 26.4. The number of benzene rings is 3. The lowest BCUT2D eigenvalue weighted by Gasteiger charge is -2.28. The maximum atomic E-state index is 13.5. The number of alkyl halides is 3. The normalized spacial score (nSPS) is 17.3. The van der Waals surface area contributed by atoms with Crippen molar-refractivity contribution >= 4 is 17.8 Å². The zero-order chi connectivity index (χ0) is 26.5. The fourth-order valence-corrected chi connectivity index (χ4v) is 3.84. The highest BCUT2D eigenvalue weighted by atomic mass is 19.4. The summed E-state index contributed by atoms with van der Waals surface area (Å²) in [6.45, 7) is 0.366. The minimum absolute atomic E-state index is 0.177. The van der Waals surface area contributed by atoms with Crippen LogP contribution in [0.2, 0.25) is 0 Å². The Balaban J connectivity index is 0.000000454. The Labute approximate surface area is 205 Å². The number of aliphatic carboxylic acids is 1. The molecule has 1 atom stereocenters. The number of carboxylic acids is 1. The Morgan fingerprint density at radius 1 is 1.03 bits per heavy atom. The number of ether oxygens (including phenoxy) is 1. The number of amides is 1. The van der Waals surface area contributed by atoms with Crippen molar-refractivity contribution in [1.29, 1.82) is 0 Å². The first-order valence-electron chi connectivity index (χ1n) is 10.7. The molecule has 36 heavy (non-hydrogen) atoms. The van der Waals surface area contributed by atoms with E-state index in [0.29, 0.717) is 6.61 Å². The summed E-state index contributed by atoms with van der Waals surface area (Å²) in [5, 5.41) is 7.12. The molecule has 0 aliphatic carbocycles. The number of aliphatic imine (C=N–C) groups is 1. The summed E-state index contributed by atoms with van der Waals surface area (Å²) in [5.41, 5.74) is 9.41. The van der Waals surface area contributed by atoms with E-state index in [1.54, 1.807) is 14.2 Å². The molecule has 1 amide bonds. The molecule has 1 aliphatic rings. The second-order valence-electron chi connectivity index (χ2n) is 7.88. The van der Waals surface area contributed by atoms with Gasteiger partial charge in [-0.15, -0.1) is 0 Å². The number of methoxy groups -OCH3 is 1. The number of guanidine groups is 1. The van der Waals surface area contributed by atoms with Crippen molar-refractivity contribution < 1.29 is 32.6 Å². The van der Waals surface area contributed by atoms with Crippen molar-refractivity contribution in [2.45, 2.75) is 18.3 Å². The summed E-state index contributed by atoms with van der Waals surface area (Å²) in [7, 11) is 3.30. The highest BCUT2D eigenvalue weighted by Gasteiger charge is 2.50. The number of carboxylic acid groups (broad SMARTS) is 1. The number of hydrogen-bond donors (Lipinski definition) is 2. The number of carbonyl (C=O) groups excluding carboxylic acids is 1. The smallest absolute Gasteiger partial charge is 0.475 e. The molecule has 188 valence electrons. The zero-order valence-electron chi connectivity index (χ0n) is 19.5. The van der Waals surface area contributed by atoms with Crippen LogP contribution < -0.4 is 5.73 Å². The van der Waals surface area contributed by atoms with E-state index in [1.807, 2.05) is 78.9 Å². The van der Waals surface area contributed by atoms with Gasteiger partial charge >= 0.3 is 12.1 Å². The largest absolute Gasteiger partial charge is 0.490 e. The molecular formula is C26H24F3N3O4. The number of hydrogen-bond acceptors (Lipinski definition) is 5. The Morgan fingerprint density at radius 3 is 2.06 bits per heavy atom.